The largest absolute Gasteiger partial charge is 0.287 e. The van der Waals surface area contributed by atoms with Crippen LogP contribution in [-0.2, 0) is 10.0 Å². The average Bonchev–Trinajstić information content (AvgIpc) is 3.29. The minimum atomic E-state index is -3.96. The summed E-state index contributed by atoms with van der Waals surface area (Å²) in [5.41, 5.74) is 2.27. The molecule has 0 radical (unpaired) electrons. The van der Waals surface area contributed by atoms with Gasteiger partial charge >= 0.3 is 0 Å². The van der Waals surface area contributed by atoms with Crippen LogP contribution in [0.15, 0.2) is 89.8 Å². The molecule has 3 aromatic carbocycles. The molecule has 0 bridgehead atoms. The van der Waals surface area contributed by atoms with E-state index in [9.17, 15) is 13.2 Å². The Morgan fingerprint density at radius 3 is 2.31 bits per heavy atom. The quantitative estimate of drug-likeness (QED) is 0.162. The Morgan fingerprint density at radius 2 is 1.54 bits per heavy atom. The first-order valence-electron chi connectivity index (χ1n) is 12.5. The number of fused-ring (bicyclic) bond motifs is 1. The van der Waals surface area contributed by atoms with Crippen LogP contribution in [0, 0.1) is 0 Å². The van der Waals surface area contributed by atoms with Gasteiger partial charge in [0.2, 0.25) is 5.78 Å². The van der Waals surface area contributed by atoms with Crippen LogP contribution < -0.4 is 0 Å². The van der Waals surface area contributed by atoms with Crippen LogP contribution in [0.3, 0.4) is 0 Å². The van der Waals surface area contributed by atoms with Gasteiger partial charge in [0, 0.05) is 10.9 Å². The molecule has 0 amide bonds. The van der Waals surface area contributed by atoms with Crippen molar-refractivity contribution in [3.05, 3.63) is 102 Å². The van der Waals surface area contributed by atoms with Gasteiger partial charge in [-0.1, -0.05) is 101 Å². The topological polar surface area (TPSA) is 56.1 Å². The summed E-state index contributed by atoms with van der Waals surface area (Å²) in [6, 6.07) is 24.8. The summed E-state index contributed by atoms with van der Waals surface area (Å²) in [5.74, 6) is 0.0426. The number of aromatic nitrogens is 1. The maximum absolute atomic E-state index is 13.7. The third kappa shape index (κ3) is 5.40. The Labute approximate surface area is 208 Å². The smallest absolute Gasteiger partial charge is 0.268 e. The maximum Gasteiger partial charge on any atom is 0.268 e. The molecule has 0 aliphatic heterocycles. The lowest BCUT2D eigenvalue weighted by Gasteiger charge is -2.14. The zero-order valence-electron chi connectivity index (χ0n) is 20.5. The normalized spacial score (nSPS) is 12.6. The molecular formula is C30H33NO3S. The Bertz CT molecular complexity index is 1400. The van der Waals surface area contributed by atoms with Gasteiger partial charge in [0.15, 0.2) is 0 Å². The predicted molar refractivity (Wildman–Crippen MR) is 143 cm³/mol. The fourth-order valence-corrected chi connectivity index (χ4v) is 6.13. The molecule has 4 rings (SSSR count). The molecule has 0 aliphatic carbocycles. The van der Waals surface area contributed by atoms with Gasteiger partial charge in [-0.25, -0.2) is 12.4 Å². The van der Waals surface area contributed by atoms with Crippen molar-refractivity contribution in [1.82, 2.24) is 3.97 Å². The molecule has 1 aromatic heterocycles. The molecule has 0 fully saturated rings. The molecule has 1 heterocycles. The zero-order valence-corrected chi connectivity index (χ0v) is 21.3. The van der Waals surface area contributed by atoms with Crippen molar-refractivity contribution in [2.75, 3.05) is 0 Å². The number of carbonyl (C=O) groups is 1. The Hall–Kier alpha value is -3.18. The van der Waals surface area contributed by atoms with Crippen LogP contribution in [0.5, 0.6) is 0 Å². The van der Waals surface area contributed by atoms with Crippen molar-refractivity contribution >= 4 is 26.7 Å². The van der Waals surface area contributed by atoms with E-state index in [4.69, 9.17) is 0 Å². The highest BCUT2D eigenvalue weighted by atomic mass is 32.2. The second-order valence-electron chi connectivity index (χ2n) is 9.23. The third-order valence-corrected chi connectivity index (χ3v) is 8.38. The third-order valence-electron chi connectivity index (χ3n) is 6.64. The summed E-state index contributed by atoms with van der Waals surface area (Å²) >= 11 is 0. The van der Waals surface area contributed by atoms with Gasteiger partial charge in [-0.2, -0.15) is 0 Å². The molecule has 4 aromatic rings. The van der Waals surface area contributed by atoms with E-state index < -0.39 is 10.0 Å². The SMILES string of the molecule is CCCCCCCC(C)c1cccc(C(=O)c2cc3ccccc3n2S(=O)(=O)c2ccccc2)c1. The number of unbranched alkanes of at least 4 members (excludes halogenated alkanes) is 4. The summed E-state index contributed by atoms with van der Waals surface area (Å²) in [4.78, 5) is 13.9. The van der Waals surface area contributed by atoms with Gasteiger partial charge in [0.05, 0.1) is 10.4 Å². The molecule has 4 nitrogen and oxygen atoms in total. The van der Waals surface area contributed by atoms with Gasteiger partial charge in [0.25, 0.3) is 10.0 Å². The van der Waals surface area contributed by atoms with Crippen LogP contribution in [0.4, 0.5) is 0 Å². The van der Waals surface area contributed by atoms with E-state index >= 15 is 0 Å². The van der Waals surface area contributed by atoms with Crippen molar-refractivity contribution in [3.8, 4) is 0 Å². The van der Waals surface area contributed by atoms with E-state index in [1.165, 1.54) is 36.1 Å². The Balaban J connectivity index is 1.69. The van der Waals surface area contributed by atoms with Crippen molar-refractivity contribution in [2.24, 2.45) is 0 Å². The van der Waals surface area contributed by atoms with Gasteiger partial charge in [-0.05, 0) is 48.2 Å². The molecule has 1 unspecified atom stereocenters. The lowest BCUT2D eigenvalue weighted by molar-refractivity contribution is 0.103. The first-order valence-corrected chi connectivity index (χ1v) is 13.9. The fraction of sp³-hybridized carbons (Fsp3) is 0.300. The number of nitrogens with zero attached hydrogens (tertiary/aromatic N) is 1. The number of carbonyl (C=O) groups excluding carboxylic acids is 1. The number of rotatable bonds is 11. The van der Waals surface area contributed by atoms with Crippen LogP contribution in [-0.4, -0.2) is 18.2 Å². The average molecular weight is 488 g/mol. The molecule has 35 heavy (non-hydrogen) atoms. The maximum atomic E-state index is 13.7. The van der Waals surface area contributed by atoms with Gasteiger partial charge in [0.1, 0.15) is 5.69 Å². The van der Waals surface area contributed by atoms with Crippen molar-refractivity contribution < 1.29 is 13.2 Å². The molecule has 0 N–H and O–H groups in total. The predicted octanol–water partition coefficient (Wildman–Crippen LogP) is 7.57. The number of ketones is 1. The summed E-state index contributed by atoms with van der Waals surface area (Å²) < 4.78 is 28.5. The number of hydrogen-bond acceptors (Lipinski definition) is 3. The highest BCUT2D eigenvalue weighted by Crippen LogP contribution is 2.29. The van der Waals surface area contributed by atoms with Crippen LogP contribution in [0.2, 0.25) is 0 Å². The number of benzene rings is 3. The van der Waals surface area contributed by atoms with E-state index in [0.717, 1.165) is 12.0 Å². The first-order chi connectivity index (χ1) is 16.9. The van der Waals surface area contributed by atoms with E-state index in [0.29, 0.717) is 22.4 Å². The molecule has 0 saturated heterocycles. The lowest BCUT2D eigenvalue weighted by atomic mass is 9.92. The second kappa shape index (κ2) is 11.0. The molecule has 1 atom stereocenters. The van der Waals surface area contributed by atoms with Crippen molar-refractivity contribution in [1.29, 1.82) is 0 Å². The fourth-order valence-electron chi connectivity index (χ4n) is 4.60. The zero-order chi connectivity index (χ0) is 24.8. The monoisotopic (exact) mass is 487 g/mol. The van der Waals surface area contributed by atoms with Crippen LogP contribution >= 0.6 is 0 Å². The van der Waals surface area contributed by atoms with E-state index in [2.05, 4.69) is 19.9 Å². The molecule has 0 saturated carbocycles. The summed E-state index contributed by atoms with van der Waals surface area (Å²) in [5, 5.41) is 0.715. The molecule has 0 spiro atoms. The molecule has 0 aliphatic rings. The highest BCUT2D eigenvalue weighted by molar-refractivity contribution is 7.90. The molecule has 182 valence electrons. The number of hydrogen-bond donors (Lipinski definition) is 0. The van der Waals surface area contributed by atoms with Crippen LogP contribution in [0.1, 0.15) is 79.9 Å². The summed E-state index contributed by atoms with van der Waals surface area (Å²) in [6.45, 7) is 4.41. The van der Waals surface area contributed by atoms with E-state index in [1.54, 1.807) is 54.6 Å². The minimum Gasteiger partial charge on any atom is -0.287 e. The van der Waals surface area contributed by atoms with Crippen molar-refractivity contribution in [3.63, 3.8) is 0 Å². The first kappa shape index (κ1) is 24.9. The molecular weight excluding hydrogens is 454 g/mol. The highest BCUT2D eigenvalue weighted by Gasteiger charge is 2.27. The second-order valence-corrected chi connectivity index (χ2v) is 11.0. The van der Waals surface area contributed by atoms with E-state index in [1.807, 2.05) is 24.3 Å². The summed E-state index contributed by atoms with van der Waals surface area (Å²) in [7, 11) is -3.96. The van der Waals surface area contributed by atoms with Gasteiger partial charge in [-0.15, -0.1) is 0 Å². The Morgan fingerprint density at radius 1 is 0.829 bits per heavy atom. The minimum absolute atomic E-state index is 0.152. The number of para-hydroxylation sites is 1. The lowest BCUT2D eigenvalue weighted by Crippen LogP contribution is -2.19. The molecule has 5 heteroatoms. The Kier molecular flexibility index (Phi) is 7.86. The van der Waals surface area contributed by atoms with Crippen LogP contribution in [0.25, 0.3) is 10.9 Å². The van der Waals surface area contributed by atoms with Gasteiger partial charge in [-0.3, -0.25) is 4.79 Å². The van der Waals surface area contributed by atoms with Gasteiger partial charge < -0.3 is 0 Å². The van der Waals surface area contributed by atoms with Crippen molar-refractivity contribution in [2.45, 2.75) is 63.2 Å². The standard InChI is InChI=1S/C30H33NO3S/c1-3-4-5-6-8-14-23(2)24-16-13-17-26(21-24)30(32)29-22-25-15-11-12-20-28(25)31(29)35(33,34)27-18-9-7-10-19-27/h7,9-13,15-23H,3-6,8,14H2,1-2H3. The van der Waals surface area contributed by atoms with E-state index in [-0.39, 0.29) is 16.4 Å². The summed E-state index contributed by atoms with van der Waals surface area (Å²) in [6.07, 6.45) is 7.25.